The molecule has 2 heterocycles. The van der Waals surface area contributed by atoms with Crippen molar-refractivity contribution in [1.29, 1.82) is 0 Å². The molecule has 1 aliphatic carbocycles. The highest BCUT2D eigenvalue weighted by Gasteiger charge is 2.24. The molecular formula is C21H22FN5O3. The van der Waals surface area contributed by atoms with Crippen molar-refractivity contribution in [1.82, 2.24) is 24.8 Å². The quantitative estimate of drug-likeness (QED) is 0.668. The summed E-state index contributed by atoms with van der Waals surface area (Å²) in [5.74, 6) is -0.600. The second-order valence-corrected chi connectivity index (χ2v) is 7.35. The van der Waals surface area contributed by atoms with E-state index >= 15 is 0 Å². The molecule has 0 saturated heterocycles. The highest BCUT2D eigenvalue weighted by Crippen LogP contribution is 2.22. The molecule has 1 aromatic carbocycles. The fourth-order valence-corrected chi connectivity index (χ4v) is 3.62. The van der Waals surface area contributed by atoms with E-state index in [1.165, 1.54) is 10.9 Å². The molecule has 3 aromatic rings. The summed E-state index contributed by atoms with van der Waals surface area (Å²) in [5, 5.41) is 3.57. The highest BCUT2D eigenvalue weighted by atomic mass is 19.1. The minimum atomic E-state index is -0.504. The van der Waals surface area contributed by atoms with Crippen molar-refractivity contribution in [3.63, 3.8) is 0 Å². The number of rotatable bonds is 6. The number of aromatic nitrogens is 4. The van der Waals surface area contributed by atoms with Gasteiger partial charge in [-0.15, -0.1) is 0 Å². The van der Waals surface area contributed by atoms with Crippen LogP contribution in [0.3, 0.4) is 0 Å². The maximum Gasteiger partial charge on any atom is 0.316 e. The van der Waals surface area contributed by atoms with E-state index in [1.54, 1.807) is 18.2 Å². The van der Waals surface area contributed by atoms with Crippen LogP contribution < -0.4 is 15.6 Å². The number of amides is 1. The maximum absolute atomic E-state index is 12.9. The Kier molecular flexibility index (Phi) is 5.97. The Morgan fingerprint density at radius 2 is 1.87 bits per heavy atom. The number of nitrogens with zero attached hydrogens (tertiary/aromatic N) is 4. The number of hydrogen-bond donors (Lipinski definition) is 1. The third kappa shape index (κ3) is 4.79. The van der Waals surface area contributed by atoms with E-state index in [1.807, 2.05) is 6.07 Å². The molecule has 1 aliphatic rings. The number of benzene rings is 1. The van der Waals surface area contributed by atoms with Crippen LogP contribution in [0.1, 0.15) is 32.1 Å². The fourth-order valence-electron chi connectivity index (χ4n) is 3.62. The second-order valence-electron chi connectivity index (χ2n) is 7.35. The van der Waals surface area contributed by atoms with Gasteiger partial charge in [-0.05, 0) is 37.8 Å². The molecule has 4 rings (SSSR count). The zero-order valence-corrected chi connectivity index (χ0v) is 16.3. The fraction of sp³-hybridized carbons (Fsp3) is 0.381. The zero-order chi connectivity index (χ0) is 20.9. The lowest BCUT2D eigenvalue weighted by Gasteiger charge is -2.28. The van der Waals surface area contributed by atoms with Crippen molar-refractivity contribution in [3.8, 4) is 6.01 Å². The minimum Gasteiger partial charge on any atom is -0.460 e. The lowest BCUT2D eigenvalue weighted by Crippen LogP contribution is -2.40. The number of nitrogens with one attached hydrogen (secondary N) is 1. The minimum absolute atomic E-state index is 0.0501. The summed E-state index contributed by atoms with van der Waals surface area (Å²) < 4.78 is 20.0. The molecule has 0 unspecified atom stereocenters. The predicted molar refractivity (Wildman–Crippen MR) is 107 cm³/mol. The van der Waals surface area contributed by atoms with Gasteiger partial charge in [0.1, 0.15) is 6.10 Å². The number of aryl methyl sites for hydroxylation is 1. The molecule has 0 atom stereocenters. The van der Waals surface area contributed by atoms with Gasteiger partial charge < -0.3 is 10.1 Å². The summed E-state index contributed by atoms with van der Waals surface area (Å²) >= 11 is 0. The Labute approximate surface area is 172 Å². The highest BCUT2D eigenvalue weighted by molar-refractivity contribution is 5.77. The van der Waals surface area contributed by atoms with Crippen molar-refractivity contribution in [2.45, 2.75) is 50.8 Å². The summed E-state index contributed by atoms with van der Waals surface area (Å²) in [5.41, 5.74) is 0.502. The maximum atomic E-state index is 12.9. The van der Waals surface area contributed by atoms with E-state index in [4.69, 9.17) is 4.74 Å². The van der Waals surface area contributed by atoms with E-state index in [2.05, 4.69) is 20.3 Å². The molecule has 0 radical (unpaired) electrons. The molecule has 0 bridgehead atoms. The summed E-state index contributed by atoms with van der Waals surface area (Å²) in [6.07, 6.45) is 6.84. The van der Waals surface area contributed by atoms with Crippen LogP contribution in [0.2, 0.25) is 0 Å². The van der Waals surface area contributed by atoms with Gasteiger partial charge in [0.15, 0.2) is 5.82 Å². The van der Waals surface area contributed by atoms with Gasteiger partial charge in [0.2, 0.25) is 5.91 Å². The average Bonchev–Trinajstić information content (AvgIpc) is 2.76. The molecule has 8 nitrogen and oxygen atoms in total. The summed E-state index contributed by atoms with van der Waals surface area (Å²) in [4.78, 5) is 36.7. The smallest absolute Gasteiger partial charge is 0.316 e. The van der Waals surface area contributed by atoms with Gasteiger partial charge in [-0.2, -0.15) is 0 Å². The Hall–Kier alpha value is -3.36. The van der Waals surface area contributed by atoms with Crippen molar-refractivity contribution >= 4 is 16.8 Å². The normalized spacial score (nSPS) is 18.8. The summed E-state index contributed by atoms with van der Waals surface area (Å²) in [6, 6.07) is 7.38. The van der Waals surface area contributed by atoms with Gasteiger partial charge in [0, 0.05) is 19.0 Å². The summed E-state index contributed by atoms with van der Waals surface area (Å²) in [6.45, 7) is 0.281. The van der Waals surface area contributed by atoms with Crippen LogP contribution in [0.5, 0.6) is 6.01 Å². The largest absolute Gasteiger partial charge is 0.460 e. The van der Waals surface area contributed by atoms with E-state index in [-0.39, 0.29) is 42.6 Å². The van der Waals surface area contributed by atoms with Crippen LogP contribution >= 0.6 is 0 Å². The lowest BCUT2D eigenvalue weighted by molar-refractivity contribution is -0.122. The molecule has 1 N–H and O–H groups in total. The van der Waals surface area contributed by atoms with Crippen LogP contribution in [0.15, 0.2) is 47.8 Å². The van der Waals surface area contributed by atoms with Gasteiger partial charge >= 0.3 is 6.01 Å². The van der Waals surface area contributed by atoms with Gasteiger partial charge in [-0.25, -0.2) is 19.3 Å². The molecule has 156 valence electrons. The van der Waals surface area contributed by atoms with Crippen molar-refractivity contribution < 1.29 is 13.9 Å². The molecule has 1 amide bonds. The topological polar surface area (TPSA) is 99.0 Å². The van der Waals surface area contributed by atoms with Crippen molar-refractivity contribution in [2.24, 2.45) is 0 Å². The number of hydrogen-bond acceptors (Lipinski definition) is 6. The molecule has 1 saturated carbocycles. The first-order chi connectivity index (χ1) is 14.6. The number of para-hydroxylation sites is 1. The van der Waals surface area contributed by atoms with Crippen LogP contribution in [0, 0.1) is 5.82 Å². The van der Waals surface area contributed by atoms with E-state index in [0.717, 1.165) is 38.1 Å². The number of carbonyl (C=O) groups excluding carboxylic acids is 1. The van der Waals surface area contributed by atoms with Crippen LogP contribution in [-0.4, -0.2) is 37.6 Å². The Balaban J connectivity index is 1.24. The molecule has 30 heavy (non-hydrogen) atoms. The predicted octanol–water partition coefficient (Wildman–Crippen LogP) is 2.22. The van der Waals surface area contributed by atoms with Crippen LogP contribution in [-0.2, 0) is 11.3 Å². The van der Waals surface area contributed by atoms with Gasteiger partial charge in [0.25, 0.3) is 5.56 Å². The molecule has 0 aliphatic heterocycles. The van der Waals surface area contributed by atoms with E-state index in [0.29, 0.717) is 10.9 Å². The average molecular weight is 411 g/mol. The SMILES string of the molecule is O=C(CCn1cnc2ccccc2c1=O)NC1CCC(Oc2ncc(F)cn2)CC1. The van der Waals surface area contributed by atoms with Crippen molar-refractivity contribution in [2.75, 3.05) is 0 Å². The molecular weight excluding hydrogens is 389 g/mol. The number of carbonyl (C=O) groups is 1. The molecule has 2 aromatic heterocycles. The Morgan fingerprint density at radius 3 is 2.63 bits per heavy atom. The zero-order valence-electron chi connectivity index (χ0n) is 16.3. The second kappa shape index (κ2) is 8.98. The first-order valence-electron chi connectivity index (χ1n) is 9.96. The Bertz CT molecular complexity index is 1080. The summed E-state index contributed by atoms with van der Waals surface area (Å²) in [7, 11) is 0. The van der Waals surface area contributed by atoms with Crippen LogP contribution in [0.4, 0.5) is 4.39 Å². The van der Waals surface area contributed by atoms with Gasteiger partial charge in [-0.3, -0.25) is 14.2 Å². The van der Waals surface area contributed by atoms with Crippen molar-refractivity contribution in [3.05, 3.63) is 59.2 Å². The molecule has 1 fully saturated rings. The first kappa shape index (κ1) is 19.9. The first-order valence-corrected chi connectivity index (χ1v) is 9.96. The third-order valence-corrected chi connectivity index (χ3v) is 5.22. The monoisotopic (exact) mass is 411 g/mol. The van der Waals surface area contributed by atoms with Gasteiger partial charge in [-0.1, -0.05) is 12.1 Å². The lowest BCUT2D eigenvalue weighted by atomic mass is 9.93. The van der Waals surface area contributed by atoms with Gasteiger partial charge in [0.05, 0.1) is 29.6 Å². The third-order valence-electron chi connectivity index (χ3n) is 5.22. The number of halogens is 1. The standard InChI is InChI=1S/C21H22FN5O3/c22-14-11-23-21(24-12-14)30-16-7-5-15(6-8-16)26-19(28)9-10-27-13-25-18-4-2-1-3-17(18)20(27)29/h1-4,11-13,15-16H,5-10H2,(H,26,28). The molecule has 9 heteroatoms. The molecule has 0 spiro atoms. The number of fused-ring (bicyclic) bond motifs is 1. The van der Waals surface area contributed by atoms with Crippen LogP contribution in [0.25, 0.3) is 10.9 Å². The Morgan fingerprint density at radius 1 is 1.13 bits per heavy atom. The van der Waals surface area contributed by atoms with E-state index in [9.17, 15) is 14.0 Å². The number of ether oxygens (including phenoxy) is 1. The van der Waals surface area contributed by atoms with E-state index < -0.39 is 5.82 Å².